The van der Waals surface area contributed by atoms with Gasteiger partial charge in [0.05, 0.1) is 10.6 Å². The quantitative estimate of drug-likeness (QED) is 0.797. The summed E-state index contributed by atoms with van der Waals surface area (Å²) in [7, 11) is -6.97. The van der Waals surface area contributed by atoms with Gasteiger partial charge in [-0.1, -0.05) is 25.1 Å². The smallest absolute Gasteiger partial charge is 0.261 e. The van der Waals surface area contributed by atoms with E-state index in [1.54, 1.807) is 30.3 Å². The molecule has 0 fully saturated rings. The Bertz CT molecular complexity index is 1050. The van der Waals surface area contributed by atoms with Gasteiger partial charge in [-0.05, 0) is 60.7 Å². The molecule has 1 aliphatic rings. The Labute approximate surface area is 161 Å². The van der Waals surface area contributed by atoms with Crippen LogP contribution in [0.1, 0.15) is 30.0 Å². The molecule has 0 aliphatic carbocycles. The van der Waals surface area contributed by atoms with Crippen LogP contribution in [-0.2, 0) is 33.0 Å². The van der Waals surface area contributed by atoms with Crippen molar-refractivity contribution in [1.29, 1.82) is 0 Å². The maximum Gasteiger partial charge on any atom is 0.261 e. The van der Waals surface area contributed by atoms with Crippen LogP contribution in [0.2, 0.25) is 0 Å². The molecule has 1 N–H and O–H groups in total. The molecule has 0 aromatic heterocycles. The third-order valence-electron chi connectivity index (χ3n) is 4.59. The van der Waals surface area contributed by atoms with Crippen molar-refractivity contribution in [2.45, 2.75) is 38.1 Å². The van der Waals surface area contributed by atoms with Crippen LogP contribution in [0.3, 0.4) is 0 Å². The number of rotatable bonds is 6. The standard InChI is InChI=1S/C19H24N2O4S2/c1-3-11-26(22,23)21-10-9-16-7-8-18(13-17(16)14-21)20-27(24,25)19-6-4-5-15(2)12-19/h4-8,12-13,20H,3,9-11,14H2,1-2H3. The van der Waals surface area contributed by atoms with Crippen LogP contribution >= 0.6 is 0 Å². The maximum absolute atomic E-state index is 12.6. The van der Waals surface area contributed by atoms with E-state index in [2.05, 4.69) is 4.72 Å². The zero-order chi connectivity index (χ0) is 19.7. The largest absolute Gasteiger partial charge is 0.280 e. The maximum atomic E-state index is 12.6. The van der Waals surface area contributed by atoms with Gasteiger partial charge in [-0.3, -0.25) is 4.72 Å². The molecule has 0 saturated carbocycles. The number of sulfonamides is 2. The van der Waals surface area contributed by atoms with Crippen LogP contribution in [-0.4, -0.2) is 33.4 Å². The highest BCUT2D eigenvalue weighted by Crippen LogP contribution is 2.26. The molecule has 8 heteroatoms. The number of hydrogen-bond donors (Lipinski definition) is 1. The van der Waals surface area contributed by atoms with Crippen LogP contribution in [0, 0.1) is 6.92 Å². The van der Waals surface area contributed by atoms with Gasteiger partial charge in [0, 0.05) is 18.8 Å². The molecule has 1 aliphatic heterocycles. The van der Waals surface area contributed by atoms with Gasteiger partial charge < -0.3 is 0 Å². The number of aryl methyl sites for hydroxylation is 1. The first-order valence-electron chi connectivity index (χ1n) is 8.90. The second-order valence-electron chi connectivity index (χ2n) is 6.81. The summed E-state index contributed by atoms with van der Waals surface area (Å²) in [5.41, 5.74) is 3.19. The summed E-state index contributed by atoms with van der Waals surface area (Å²) >= 11 is 0. The summed E-state index contributed by atoms with van der Waals surface area (Å²) in [6.45, 7) is 4.41. The van der Waals surface area contributed by atoms with Gasteiger partial charge in [-0.15, -0.1) is 0 Å². The summed E-state index contributed by atoms with van der Waals surface area (Å²) in [5, 5.41) is 0. The molecule has 0 radical (unpaired) electrons. The molecule has 0 bridgehead atoms. The summed E-state index contributed by atoms with van der Waals surface area (Å²) in [5.74, 6) is 0.127. The first-order chi connectivity index (χ1) is 12.7. The van der Waals surface area contributed by atoms with Crippen molar-refractivity contribution in [3.05, 3.63) is 59.2 Å². The van der Waals surface area contributed by atoms with E-state index in [4.69, 9.17) is 0 Å². The molecule has 1 heterocycles. The normalized spacial score (nSPS) is 15.3. The van der Waals surface area contributed by atoms with E-state index in [0.717, 1.165) is 16.7 Å². The monoisotopic (exact) mass is 408 g/mol. The molecule has 0 atom stereocenters. The Kier molecular flexibility index (Phi) is 5.60. The second-order valence-corrected chi connectivity index (χ2v) is 10.6. The fourth-order valence-corrected chi connectivity index (χ4v) is 5.85. The van der Waals surface area contributed by atoms with Crippen LogP contribution in [0.25, 0.3) is 0 Å². The average molecular weight is 409 g/mol. The van der Waals surface area contributed by atoms with Crippen molar-refractivity contribution >= 4 is 25.7 Å². The van der Waals surface area contributed by atoms with E-state index in [1.165, 1.54) is 4.31 Å². The molecule has 146 valence electrons. The van der Waals surface area contributed by atoms with Crippen molar-refractivity contribution in [2.75, 3.05) is 17.0 Å². The average Bonchev–Trinajstić information content (AvgIpc) is 2.61. The number of fused-ring (bicyclic) bond motifs is 1. The van der Waals surface area contributed by atoms with Crippen molar-refractivity contribution in [2.24, 2.45) is 0 Å². The minimum atomic E-state index is -3.69. The first-order valence-corrected chi connectivity index (χ1v) is 12.0. The minimum absolute atomic E-state index is 0.127. The lowest BCUT2D eigenvalue weighted by molar-refractivity contribution is 0.391. The van der Waals surface area contributed by atoms with Crippen LogP contribution in [0.5, 0.6) is 0 Å². The third-order valence-corrected chi connectivity index (χ3v) is 7.99. The van der Waals surface area contributed by atoms with Gasteiger partial charge in [0.15, 0.2) is 0 Å². The molecule has 0 unspecified atom stereocenters. The summed E-state index contributed by atoms with van der Waals surface area (Å²) in [4.78, 5) is 0.201. The molecule has 2 aromatic carbocycles. The highest BCUT2D eigenvalue weighted by atomic mass is 32.2. The zero-order valence-electron chi connectivity index (χ0n) is 15.5. The lowest BCUT2D eigenvalue weighted by atomic mass is 10.0. The van der Waals surface area contributed by atoms with Gasteiger partial charge in [0.1, 0.15) is 0 Å². The second kappa shape index (κ2) is 7.61. The Balaban J connectivity index is 1.84. The van der Waals surface area contributed by atoms with Crippen LogP contribution in [0.4, 0.5) is 5.69 Å². The van der Waals surface area contributed by atoms with Gasteiger partial charge in [-0.2, -0.15) is 4.31 Å². The SMILES string of the molecule is CCCS(=O)(=O)N1CCc2ccc(NS(=O)(=O)c3cccc(C)c3)cc2C1. The topological polar surface area (TPSA) is 83.6 Å². The molecular formula is C19H24N2O4S2. The Morgan fingerprint density at radius 1 is 1.04 bits per heavy atom. The molecule has 0 amide bonds. The molecule has 0 spiro atoms. The van der Waals surface area contributed by atoms with Crippen molar-refractivity contribution in [3.8, 4) is 0 Å². The van der Waals surface area contributed by atoms with Gasteiger partial charge >= 0.3 is 0 Å². The van der Waals surface area contributed by atoms with E-state index in [0.29, 0.717) is 25.1 Å². The Morgan fingerprint density at radius 2 is 1.81 bits per heavy atom. The van der Waals surface area contributed by atoms with E-state index in [1.807, 2.05) is 26.0 Å². The van der Waals surface area contributed by atoms with E-state index < -0.39 is 20.0 Å². The fraction of sp³-hybridized carbons (Fsp3) is 0.368. The lowest BCUT2D eigenvalue weighted by Crippen LogP contribution is -2.37. The number of nitrogens with one attached hydrogen (secondary N) is 1. The summed E-state index contributed by atoms with van der Waals surface area (Å²) in [6, 6.07) is 12.0. The number of benzene rings is 2. The lowest BCUT2D eigenvalue weighted by Gasteiger charge is -2.28. The van der Waals surface area contributed by atoms with Gasteiger partial charge in [-0.25, -0.2) is 16.8 Å². The molecule has 0 saturated heterocycles. The molecule has 3 rings (SSSR count). The zero-order valence-corrected chi connectivity index (χ0v) is 17.1. The highest BCUT2D eigenvalue weighted by Gasteiger charge is 2.26. The van der Waals surface area contributed by atoms with Crippen molar-refractivity contribution in [3.63, 3.8) is 0 Å². The van der Waals surface area contributed by atoms with E-state index >= 15 is 0 Å². The minimum Gasteiger partial charge on any atom is -0.280 e. The third kappa shape index (κ3) is 4.51. The molecular weight excluding hydrogens is 384 g/mol. The van der Waals surface area contributed by atoms with E-state index in [9.17, 15) is 16.8 Å². The number of nitrogens with zero attached hydrogens (tertiary/aromatic N) is 1. The van der Waals surface area contributed by atoms with Crippen LogP contribution < -0.4 is 4.72 Å². The molecule has 2 aromatic rings. The van der Waals surface area contributed by atoms with Crippen molar-refractivity contribution in [1.82, 2.24) is 4.31 Å². The van der Waals surface area contributed by atoms with Gasteiger partial charge in [0.2, 0.25) is 10.0 Å². The number of hydrogen-bond acceptors (Lipinski definition) is 4. The predicted octanol–water partition coefficient (Wildman–Crippen LogP) is 2.89. The molecule has 27 heavy (non-hydrogen) atoms. The predicted molar refractivity (Wildman–Crippen MR) is 107 cm³/mol. The summed E-state index contributed by atoms with van der Waals surface area (Å²) in [6.07, 6.45) is 1.20. The van der Waals surface area contributed by atoms with Crippen molar-refractivity contribution < 1.29 is 16.8 Å². The fourth-order valence-electron chi connectivity index (χ4n) is 3.22. The molecule has 6 nitrogen and oxygen atoms in total. The Morgan fingerprint density at radius 3 is 2.52 bits per heavy atom. The first kappa shape index (κ1) is 19.9. The van der Waals surface area contributed by atoms with E-state index in [-0.39, 0.29) is 17.2 Å². The Hall–Kier alpha value is -1.90. The number of anilines is 1. The summed E-state index contributed by atoms with van der Waals surface area (Å²) < 4.78 is 54.0. The van der Waals surface area contributed by atoms with Crippen LogP contribution in [0.15, 0.2) is 47.4 Å². The van der Waals surface area contributed by atoms with Gasteiger partial charge in [0.25, 0.3) is 10.0 Å². The highest BCUT2D eigenvalue weighted by molar-refractivity contribution is 7.92.